The van der Waals surface area contributed by atoms with Crippen molar-refractivity contribution in [2.75, 3.05) is 39.6 Å². The third-order valence-corrected chi connectivity index (χ3v) is 8.61. The van der Waals surface area contributed by atoms with Crippen molar-refractivity contribution >= 4 is 11.8 Å². The molecule has 6 rings (SSSR count). The second kappa shape index (κ2) is 8.86. The Morgan fingerprint density at radius 3 is 2.46 bits per heavy atom. The standard InChI is InChI=1S/C28H32N2O5/c31-25(29-18-28(10-14-33-15-11-28)21-4-2-1-3-5-21)22-17-27(22)8-12-30(13-9-27)26(32)20-6-7-23-24(16-20)35-19-34-23/h1-7,16,22H,8-15,17-19H2,(H,29,31). The first-order valence-corrected chi connectivity index (χ1v) is 12.7. The predicted molar refractivity (Wildman–Crippen MR) is 129 cm³/mol. The molecular weight excluding hydrogens is 444 g/mol. The van der Waals surface area contributed by atoms with E-state index < -0.39 is 0 Å². The van der Waals surface area contributed by atoms with E-state index in [1.54, 1.807) is 18.2 Å². The van der Waals surface area contributed by atoms with Crippen molar-refractivity contribution in [1.82, 2.24) is 10.2 Å². The number of benzene rings is 2. The number of carbonyl (C=O) groups excluding carboxylic acids is 2. The molecule has 2 amide bonds. The van der Waals surface area contributed by atoms with Gasteiger partial charge < -0.3 is 24.4 Å². The van der Waals surface area contributed by atoms with Crippen molar-refractivity contribution < 1.29 is 23.8 Å². The van der Waals surface area contributed by atoms with Crippen LogP contribution >= 0.6 is 0 Å². The van der Waals surface area contributed by atoms with Crippen LogP contribution in [0.25, 0.3) is 0 Å². The lowest BCUT2D eigenvalue weighted by molar-refractivity contribution is -0.123. The maximum atomic E-state index is 13.2. The molecule has 3 fully saturated rings. The molecule has 2 aromatic carbocycles. The lowest BCUT2D eigenvalue weighted by atomic mass is 9.74. The molecule has 184 valence electrons. The number of piperidine rings is 1. The summed E-state index contributed by atoms with van der Waals surface area (Å²) in [5.41, 5.74) is 1.89. The molecule has 2 aromatic rings. The van der Waals surface area contributed by atoms with Gasteiger partial charge in [0.25, 0.3) is 5.91 Å². The first kappa shape index (κ1) is 22.4. The Bertz CT molecular complexity index is 1100. The minimum atomic E-state index is -0.0579. The molecule has 1 saturated carbocycles. The number of nitrogens with zero attached hydrogens (tertiary/aromatic N) is 1. The van der Waals surface area contributed by atoms with Gasteiger partial charge in [0, 0.05) is 49.7 Å². The first-order chi connectivity index (χ1) is 17.1. The fourth-order valence-electron chi connectivity index (χ4n) is 6.14. The van der Waals surface area contributed by atoms with Gasteiger partial charge in [0.2, 0.25) is 12.7 Å². The number of likely N-dealkylation sites (tertiary alicyclic amines) is 1. The average molecular weight is 477 g/mol. The minimum Gasteiger partial charge on any atom is -0.454 e. The summed E-state index contributed by atoms with van der Waals surface area (Å²) in [7, 11) is 0. The zero-order valence-electron chi connectivity index (χ0n) is 20.0. The molecule has 0 aromatic heterocycles. The molecule has 1 unspecified atom stereocenters. The maximum Gasteiger partial charge on any atom is 0.253 e. The van der Waals surface area contributed by atoms with Crippen LogP contribution in [0.2, 0.25) is 0 Å². The van der Waals surface area contributed by atoms with Crippen LogP contribution in [0.4, 0.5) is 0 Å². The summed E-state index contributed by atoms with van der Waals surface area (Å²) in [6.07, 6.45) is 4.51. The minimum absolute atomic E-state index is 0.0177. The molecule has 4 aliphatic rings. The summed E-state index contributed by atoms with van der Waals surface area (Å²) in [5, 5.41) is 3.31. The molecule has 3 aliphatic heterocycles. The van der Waals surface area contributed by atoms with E-state index in [0.29, 0.717) is 36.7 Å². The smallest absolute Gasteiger partial charge is 0.253 e. The summed E-state index contributed by atoms with van der Waals surface area (Å²) in [5.74, 6) is 1.55. The highest BCUT2D eigenvalue weighted by molar-refractivity contribution is 5.95. The average Bonchev–Trinajstić information content (AvgIpc) is 3.40. The van der Waals surface area contributed by atoms with Gasteiger partial charge in [-0.1, -0.05) is 30.3 Å². The van der Waals surface area contributed by atoms with Gasteiger partial charge in [0.1, 0.15) is 0 Å². The van der Waals surface area contributed by atoms with E-state index in [1.807, 2.05) is 11.0 Å². The van der Waals surface area contributed by atoms with Crippen LogP contribution < -0.4 is 14.8 Å². The predicted octanol–water partition coefficient (Wildman–Crippen LogP) is 3.52. The Balaban J connectivity index is 1.05. The highest BCUT2D eigenvalue weighted by atomic mass is 16.7. The third-order valence-electron chi connectivity index (χ3n) is 8.61. The molecule has 35 heavy (non-hydrogen) atoms. The number of fused-ring (bicyclic) bond motifs is 1. The van der Waals surface area contributed by atoms with E-state index in [-0.39, 0.29) is 35.4 Å². The van der Waals surface area contributed by atoms with E-state index >= 15 is 0 Å². The Labute approximate surface area is 205 Å². The number of nitrogens with one attached hydrogen (secondary N) is 1. The highest BCUT2D eigenvalue weighted by Gasteiger charge is 2.58. The Hall–Kier alpha value is -3.06. The first-order valence-electron chi connectivity index (χ1n) is 12.7. The zero-order chi connectivity index (χ0) is 23.9. The third kappa shape index (κ3) is 4.16. The van der Waals surface area contributed by atoms with Crippen LogP contribution in [-0.2, 0) is 14.9 Å². The van der Waals surface area contributed by atoms with Gasteiger partial charge in [0.15, 0.2) is 11.5 Å². The van der Waals surface area contributed by atoms with Gasteiger partial charge in [-0.2, -0.15) is 0 Å². The second-order valence-electron chi connectivity index (χ2n) is 10.5. The Morgan fingerprint density at radius 1 is 0.943 bits per heavy atom. The molecule has 0 bridgehead atoms. The SMILES string of the molecule is O=C(NCC1(c2ccccc2)CCOCC1)C1CC12CCN(C(=O)c1ccc3c(c1)OCO3)CC2. The summed E-state index contributed by atoms with van der Waals surface area (Å²) in [4.78, 5) is 28.1. The van der Waals surface area contributed by atoms with Gasteiger partial charge in [-0.3, -0.25) is 9.59 Å². The van der Waals surface area contributed by atoms with Crippen LogP contribution in [-0.4, -0.2) is 56.4 Å². The number of hydrogen-bond acceptors (Lipinski definition) is 5. The van der Waals surface area contributed by atoms with Gasteiger partial charge in [0.05, 0.1) is 0 Å². The molecule has 2 saturated heterocycles. The van der Waals surface area contributed by atoms with Crippen molar-refractivity contribution in [2.24, 2.45) is 11.3 Å². The van der Waals surface area contributed by atoms with E-state index in [1.165, 1.54) is 5.56 Å². The van der Waals surface area contributed by atoms with Crippen molar-refractivity contribution in [3.63, 3.8) is 0 Å². The number of rotatable bonds is 5. The van der Waals surface area contributed by atoms with E-state index in [4.69, 9.17) is 14.2 Å². The van der Waals surface area contributed by atoms with Crippen LogP contribution in [0.5, 0.6) is 11.5 Å². The Morgan fingerprint density at radius 2 is 1.69 bits per heavy atom. The van der Waals surface area contributed by atoms with E-state index in [9.17, 15) is 9.59 Å². The summed E-state index contributed by atoms with van der Waals surface area (Å²) in [6, 6.07) is 15.9. The number of amides is 2. The summed E-state index contributed by atoms with van der Waals surface area (Å²) >= 11 is 0. The molecule has 1 aliphatic carbocycles. The van der Waals surface area contributed by atoms with E-state index in [0.717, 1.165) is 45.3 Å². The second-order valence-corrected chi connectivity index (χ2v) is 10.5. The molecule has 0 radical (unpaired) electrons. The maximum absolute atomic E-state index is 13.2. The summed E-state index contributed by atoms with van der Waals surface area (Å²) in [6.45, 7) is 3.67. The number of hydrogen-bond donors (Lipinski definition) is 1. The molecule has 7 nitrogen and oxygen atoms in total. The van der Waals surface area contributed by atoms with E-state index in [2.05, 4.69) is 29.6 Å². The van der Waals surface area contributed by atoms with Crippen LogP contribution in [0.1, 0.15) is 48.0 Å². The fourth-order valence-corrected chi connectivity index (χ4v) is 6.14. The topological polar surface area (TPSA) is 77.1 Å². The molecular formula is C28H32N2O5. The van der Waals surface area contributed by atoms with Crippen LogP contribution in [0, 0.1) is 11.3 Å². The lowest BCUT2D eigenvalue weighted by Gasteiger charge is -2.38. The molecule has 3 heterocycles. The number of ether oxygens (including phenoxy) is 3. The largest absolute Gasteiger partial charge is 0.454 e. The van der Waals surface area contributed by atoms with Gasteiger partial charge >= 0.3 is 0 Å². The highest BCUT2D eigenvalue weighted by Crippen LogP contribution is 2.59. The van der Waals surface area contributed by atoms with Crippen molar-refractivity contribution in [1.29, 1.82) is 0 Å². The van der Waals surface area contributed by atoms with Crippen molar-refractivity contribution in [2.45, 2.75) is 37.5 Å². The molecule has 1 N–H and O–H groups in total. The number of carbonyl (C=O) groups is 2. The van der Waals surface area contributed by atoms with Gasteiger partial charge in [-0.25, -0.2) is 0 Å². The lowest BCUT2D eigenvalue weighted by Crippen LogP contribution is -2.46. The molecule has 1 atom stereocenters. The normalized spacial score (nSPS) is 23.7. The molecule has 1 spiro atoms. The van der Waals surface area contributed by atoms with Crippen LogP contribution in [0.15, 0.2) is 48.5 Å². The molecule has 7 heteroatoms. The Kier molecular flexibility index (Phi) is 5.67. The van der Waals surface area contributed by atoms with Crippen LogP contribution in [0.3, 0.4) is 0 Å². The van der Waals surface area contributed by atoms with Crippen molar-refractivity contribution in [3.8, 4) is 11.5 Å². The van der Waals surface area contributed by atoms with Gasteiger partial charge in [-0.15, -0.1) is 0 Å². The fraction of sp³-hybridized carbons (Fsp3) is 0.500. The quantitative estimate of drug-likeness (QED) is 0.715. The zero-order valence-corrected chi connectivity index (χ0v) is 20.0. The summed E-state index contributed by atoms with van der Waals surface area (Å²) < 4.78 is 16.4. The van der Waals surface area contributed by atoms with Gasteiger partial charge in [-0.05, 0) is 61.3 Å². The monoisotopic (exact) mass is 476 g/mol. The van der Waals surface area contributed by atoms with Crippen molar-refractivity contribution in [3.05, 3.63) is 59.7 Å².